The molecule has 0 saturated carbocycles. The summed E-state index contributed by atoms with van der Waals surface area (Å²) in [6.07, 6.45) is 23.3. The van der Waals surface area contributed by atoms with Crippen LogP contribution >= 0.6 is 0 Å². The van der Waals surface area contributed by atoms with E-state index in [0.29, 0.717) is 6.61 Å². The van der Waals surface area contributed by atoms with Crippen molar-refractivity contribution < 1.29 is 5.11 Å². The Morgan fingerprint density at radius 3 is 1.23 bits per heavy atom. The van der Waals surface area contributed by atoms with Gasteiger partial charge in [0, 0.05) is 0 Å². The van der Waals surface area contributed by atoms with Crippen molar-refractivity contribution in [3.05, 3.63) is 0 Å². The van der Waals surface area contributed by atoms with Crippen LogP contribution in [0.1, 0.15) is 110 Å². The molecule has 0 saturated heterocycles. The molecular weight excluding hydrogens is 331 g/mol. The van der Waals surface area contributed by atoms with E-state index in [1.807, 2.05) is 0 Å². The van der Waals surface area contributed by atoms with Crippen LogP contribution in [-0.4, -0.2) is 27.5 Å². The maximum absolute atomic E-state index is 8.73. The van der Waals surface area contributed by atoms with Crippen molar-refractivity contribution in [2.24, 2.45) is 0 Å². The van der Waals surface area contributed by atoms with Gasteiger partial charge in [-0.2, -0.15) is 0 Å². The number of aliphatic hydroxyl groups excluding tert-OH is 1. The zero-order valence-electron chi connectivity index (χ0n) is 15.4. The molecule has 1 atom stereocenters. The molecule has 1 nitrogen and oxygen atoms in total. The SMILES string of the molecule is CCCCCCCCCCCCCCCCCC[AsH]CCO. The van der Waals surface area contributed by atoms with E-state index in [9.17, 15) is 0 Å². The first-order valence-corrected chi connectivity index (χ1v) is 13.2. The Kier molecular flexibility index (Phi) is 22.0. The van der Waals surface area contributed by atoms with Crippen LogP contribution in [-0.2, 0) is 0 Å². The van der Waals surface area contributed by atoms with Gasteiger partial charge >= 0.3 is 109 Å². The number of aliphatic hydroxyl groups is 1. The molecule has 0 aromatic carbocycles. The van der Waals surface area contributed by atoms with Crippen LogP contribution in [0.15, 0.2) is 0 Å². The number of unbranched alkanes of at least 4 members (excludes halogenated alkanes) is 15. The van der Waals surface area contributed by atoms with E-state index < -0.39 is 0 Å². The Morgan fingerprint density at radius 1 is 0.500 bits per heavy atom. The third-order valence-corrected chi connectivity index (χ3v) is 7.19. The van der Waals surface area contributed by atoms with Crippen LogP contribution in [0.5, 0.6) is 0 Å². The van der Waals surface area contributed by atoms with Gasteiger partial charge in [-0.15, -0.1) is 0 Å². The van der Waals surface area contributed by atoms with Crippen LogP contribution in [0.2, 0.25) is 10.4 Å². The normalized spacial score (nSPS) is 11.7. The van der Waals surface area contributed by atoms with Gasteiger partial charge in [0.15, 0.2) is 0 Å². The monoisotopic (exact) mass is 374 g/mol. The average molecular weight is 374 g/mol. The first-order chi connectivity index (χ1) is 10.9. The van der Waals surface area contributed by atoms with Gasteiger partial charge in [-0.1, -0.05) is 39.0 Å². The fraction of sp³-hybridized carbons (Fsp3) is 1.00. The van der Waals surface area contributed by atoms with E-state index in [1.54, 1.807) is 0 Å². The predicted molar refractivity (Wildman–Crippen MR) is 103 cm³/mol. The summed E-state index contributed by atoms with van der Waals surface area (Å²) in [6, 6.07) is 0. The van der Waals surface area contributed by atoms with Crippen molar-refractivity contribution in [2.45, 2.75) is 120 Å². The third kappa shape index (κ3) is 20.5. The minimum absolute atomic E-state index is 0.209. The molecule has 2 heteroatoms. The fourth-order valence-electron chi connectivity index (χ4n) is 3.00. The third-order valence-electron chi connectivity index (χ3n) is 4.50. The molecule has 134 valence electrons. The molecule has 0 spiro atoms. The average Bonchev–Trinajstić information content (AvgIpc) is 2.54. The number of rotatable bonds is 19. The number of hydrogen-bond donors (Lipinski definition) is 1. The second-order valence-electron chi connectivity index (χ2n) is 6.78. The van der Waals surface area contributed by atoms with Crippen LogP contribution in [0.25, 0.3) is 0 Å². The Bertz CT molecular complexity index is 165. The molecule has 0 aliphatic rings. The summed E-state index contributed by atoms with van der Waals surface area (Å²) in [6.45, 7) is 2.72. The number of hydrogen-bond acceptors (Lipinski definition) is 1. The van der Waals surface area contributed by atoms with E-state index in [-0.39, 0.29) is 15.8 Å². The molecule has 1 N–H and O–H groups in total. The van der Waals surface area contributed by atoms with Gasteiger partial charge in [-0.05, 0) is 0 Å². The molecule has 22 heavy (non-hydrogen) atoms. The van der Waals surface area contributed by atoms with Gasteiger partial charge in [0.1, 0.15) is 0 Å². The zero-order valence-corrected chi connectivity index (χ0v) is 17.5. The van der Waals surface area contributed by atoms with Crippen molar-refractivity contribution in [3.63, 3.8) is 0 Å². The summed E-state index contributed by atoms with van der Waals surface area (Å²) in [5.74, 6) is 0. The summed E-state index contributed by atoms with van der Waals surface area (Å²) in [5, 5.41) is 11.3. The second-order valence-corrected chi connectivity index (χ2v) is 9.92. The standard InChI is InChI=1S/C20H43AsO/c1-2-3-4-5-6-7-8-9-10-11-12-13-14-15-16-17-18-21-19-20-22/h21-22H,2-20H2,1H3. The maximum atomic E-state index is 8.73. The minimum atomic E-state index is 0.209. The van der Waals surface area contributed by atoms with Crippen LogP contribution in [0, 0.1) is 0 Å². The van der Waals surface area contributed by atoms with Gasteiger partial charge in [0.2, 0.25) is 0 Å². The molecule has 0 aliphatic heterocycles. The Hall–Kier alpha value is 0.518. The summed E-state index contributed by atoms with van der Waals surface area (Å²) < 4.78 is 0. The second kappa shape index (κ2) is 21.5. The Balaban J connectivity index is 2.91. The van der Waals surface area contributed by atoms with Gasteiger partial charge in [0.05, 0.1) is 0 Å². The molecule has 0 aromatic rings. The fourth-order valence-corrected chi connectivity index (χ4v) is 4.91. The Labute approximate surface area is 147 Å². The molecule has 0 bridgehead atoms. The van der Waals surface area contributed by atoms with E-state index in [0.717, 1.165) is 5.21 Å². The molecule has 0 amide bonds. The first kappa shape index (κ1) is 22.5. The van der Waals surface area contributed by atoms with Gasteiger partial charge in [-0.3, -0.25) is 0 Å². The predicted octanol–water partition coefficient (Wildman–Crippen LogP) is 6.51. The van der Waals surface area contributed by atoms with Crippen LogP contribution in [0.4, 0.5) is 0 Å². The molecule has 0 aliphatic carbocycles. The van der Waals surface area contributed by atoms with Crippen LogP contribution in [0.3, 0.4) is 0 Å². The molecule has 0 radical (unpaired) electrons. The van der Waals surface area contributed by atoms with Crippen molar-refractivity contribution in [1.82, 2.24) is 0 Å². The van der Waals surface area contributed by atoms with Crippen molar-refractivity contribution in [1.29, 1.82) is 0 Å². The van der Waals surface area contributed by atoms with Gasteiger partial charge in [-0.25, -0.2) is 0 Å². The summed E-state index contributed by atoms with van der Waals surface area (Å²) >= 11 is 0.209. The topological polar surface area (TPSA) is 20.2 Å². The summed E-state index contributed by atoms with van der Waals surface area (Å²) in [7, 11) is 0. The van der Waals surface area contributed by atoms with Crippen molar-refractivity contribution in [3.8, 4) is 0 Å². The van der Waals surface area contributed by atoms with E-state index in [2.05, 4.69) is 6.92 Å². The van der Waals surface area contributed by atoms with E-state index >= 15 is 0 Å². The molecule has 1 unspecified atom stereocenters. The van der Waals surface area contributed by atoms with Crippen molar-refractivity contribution >= 4 is 15.8 Å². The zero-order chi connectivity index (χ0) is 16.1. The Morgan fingerprint density at radius 2 is 0.864 bits per heavy atom. The van der Waals surface area contributed by atoms with E-state index in [4.69, 9.17) is 5.11 Å². The van der Waals surface area contributed by atoms with Gasteiger partial charge in [0.25, 0.3) is 0 Å². The van der Waals surface area contributed by atoms with E-state index in [1.165, 1.54) is 108 Å². The van der Waals surface area contributed by atoms with Crippen molar-refractivity contribution in [2.75, 3.05) is 6.61 Å². The summed E-state index contributed by atoms with van der Waals surface area (Å²) in [5.41, 5.74) is 0. The molecule has 0 aromatic heterocycles. The molecular formula is C20H43AsO. The molecule has 0 fully saturated rings. The quantitative estimate of drug-likeness (QED) is 0.202. The van der Waals surface area contributed by atoms with Gasteiger partial charge < -0.3 is 0 Å². The molecule has 0 rings (SSSR count). The summed E-state index contributed by atoms with van der Waals surface area (Å²) in [4.78, 5) is 0. The first-order valence-electron chi connectivity index (χ1n) is 10.2. The molecule has 0 heterocycles. The van der Waals surface area contributed by atoms with Crippen LogP contribution < -0.4 is 0 Å².